The highest BCUT2D eigenvalue weighted by molar-refractivity contribution is 8.00. The third kappa shape index (κ3) is 7.18. The lowest BCUT2D eigenvalue weighted by atomic mass is 10.3. The van der Waals surface area contributed by atoms with E-state index in [0.717, 1.165) is 18.2 Å². The van der Waals surface area contributed by atoms with Gasteiger partial charge in [-0.1, -0.05) is 31.2 Å². The van der Waals surface area contributed by atoms with Crippen molar-refractivity contribution >= 4 is 23.6 Å². The Bertz CT molecular complexity index is 773. The fourth-order valence-corrected chi connectivity index (χ4v) is 2.70. The monoisotopic (exact) mass is 392 g/mol. The van der Waals surface area contributed by atoms with Crippen LogP contribution in [0.3, 0.4) is 0 Å². The molecule has 2 aromatic rings. The largest absolute Gasteiger partial charge is 0.490 e. The van der Waals surface area contributed by atoms with Gasteiger partial charge in [-0.25, -0.2) is 4.39 Å². The van der Waals surface area contributed by atoms with E-state index in [-0.39, 0.29) is 12.4 Å². The van der Waals surface area contributed by atoms with Crippen LogP contribution in [0.4, 0.5) is 4.39 Å². The van der Waals surface area contributed by atoms with Crippen molar-refractivity contribution in [2.24, 2.45) is 0 Å². The molecular weight excluding hydrogens is 371 g/mol. The van der Waals surface area contributed by atoms with Gasteiger partial charge in [-0.15, -0.1) is 11.8 Å². The van der Waals surface area contributed by atoms with Gasteiger partial charge in [0, 0.05) is 4.90 Å². The Balaban J connectivity index is 1.72. The van der Waals surface area contributed by atoms with Crippen molar-refractivity contribution < 1.29 is 23.5 Å². The first-order valence-electron chi connectivity index (χ1n) is 8.39. The number of amides is 2. The van der Waals surface area contributed by atoms with Gasteiger partial charge in [-0.2, -0.15) is 0 Å². The SMILES string of the molecule is CCCOc1ccccc1OCC(=O)NNC(=O)CSc1ccccc1F. The van der Waals surface area contributed by atoms with E-state index in [4.69, 9.17) is 9.47 Å². The lowest BCUT2D eigenvalue weighted by Gasteiger charge is -2.12. The van der Waals surface area contributed by atoms with Gasteiger partial charge >= 0.3 is 0 Å². The van der Waals surface area contributed by atoms with E-state index < -0.39 is 17.6 Å². The van der Waals surface area contributed by atoms with Crippen molar-refractivity contribution in [1.29, 1.82) is 0 Å². The molecule has 0 unspecified atom stereocenters. The lowest BCUT2D eigenvalue weighted by molar-refractivity contribution is -0.128. The Morgan fingerprint density at radius 3 is 2.30 bits per heavy atom. The molecule has 2 amide bonds. The highest BCUT2D eigenvalue weighted by Crippen LogP contribution is 2.26. The van der Waals surface area contributed by atoms with Gasteiger partial charge in [0.15, 0.2) is 18.1 Å². The number of carbonyl (C=O) groups is 2. The maximum atomic E-state index is 13.5. The molecule has 8 heteroatoms. The predicted octanol–water partition coefficient (Wildman–Crippen LogP) is 2.93. The molecule has 0 aliphatic heterocycles. The molecule has 2 aromatic carbocycles. The van der Waals surface area contributed by atoms with Gasteiger partial charge in [0.25, 0.3) is 5.91 Å². The molecule has 0 aliphatic rings. The normalized spacial score (nSPS) is 10.1. The van der Waals surface area contributed by atoms with Crippen molar-refractivity contribution in [3.63, 3.8) is 0 Å². The third-order valence-electron chi connectivity index (χ3n) is 3.21. The summed E-state index contributed by atoms with van der Waals surface area (Å²) in [5.41, 5.74) is 4.52. The van der Waals surface area contributed by atoms with Crippen molar-refractivity contribution in [2.45, 2.75) is 18.2 Å². The van der Waals surface area contributed by atoms with Crippen molar-refractivity contribution in [3.8, 4) is 11.5 Å². The summed E-state index contributed by atoms with van der Waals surface area (Å²) in [4.78, 5) is 23.9. The lowest BCUT2D eigenvalue weighted by Crippen LogP contribution is -2.44. The van der Waals surface area contributed by atoms with E-state index >= 15 is 0 Å². The molecule has 144 valence electrons. The number of carbonyl (C=O) groups excluding carboxylic acids is 2. The molecule has 2 rings (SSSR count). The first-order valence-corrected chi connectivity index (χ1v) is 9.38. The molecule has 0 bridgehead atoms. The molecule has 0 saturated heterocycles. The number of halogens is 1. The minimum atomic E-state index is -0.524. The quantitative estimate of drug-likeness (QED) is 0.507. The average molecular weight is 392 g/mol. The molecule has 0 aliphatic carbocycles. The van der Waals surface area contributed by atoms with Crippen LogP contribution < -0.4 is 20.3 Å². The van der Waals surface area contributed by atoms with Crippen LogP contribution in [0.15, 0.2) is 53.4 Å². The predicted molar refractivity (Wildman–Crippen MR) is 101 cm³/mol. The summed E-state index contributed by atoms with van der Waals surface area (Å²) in [6.07, 6.45) is 0.853. The molecule has 0 heterocycles. The van der Waals surface area contributed by atoms with E-state index in [1.807, 2.05) is 13.0 Å². The molecule has 0 radical (unpaired) electrons. The molecule has 0 fully saturated rings. The van der Waals surface area contributed by atoms with Crippen LogP contribution in [0.1, 0.15) is 13.3 Å². The number of nitrogens with one attached hydrogen (secondary N) is 2. The Kier molecular flexibility index (Phi) is 8.44. The Hall–Kier alpha value is -2.74. The highest BCUT2D eigenvalue weighted by atomic mass is 32.2. The number of rotatable bonds is 9. The molecular formula is C19H21FN2O4S. The second kappa shape index (κ2) is 11.1. The van der Waals surface area contributed by atoms with E-state index in [2.05, 4.69) is 10.9 Å². The van der Waals surface area contributed by atoms with Crippen LogP contribution in [0.5, 0.6) is 11.5 Å². The summed E-state index contributed by atoms with van der Waals surface area (Å²) in [6, 6.07) is 13.2. The Morgan fingerprint density at radius 2 is 1.59 bits per heavy atom. The Labute approximate surface area is 161 Å². The van der Waals surface area contributed by atoms with Crippen molar-refractivity contribution in [1.82, 2.24) is 10.9 Å². The van der Waals surface area contributed by atoms with Gasteiger partial charge in [0.05, 0.1) is 12.4 Å². The summed E-state index contributed by atoms with van der Waals surface area (Å²) in [7, 11) is 0. The minimum Gasteiger partial charge on any atom is -0.490 e. The maximum absolute atomic E-state index is 13.5. The molecule has 0 spiro atoms. The van der Waals surface area contributed by atoms with Gasteiger partial charge in [-0.05, 0) is 30.7 Å². The van der Waals surface area contributed by atoms with Gasteiger partial charge in [0.1, 0.15) is 5.82 Å². The van der Waals surface area contributed by atoms with E-state index in [1.54, 1.807) is 36.4 Å². The summed E-state index contributed by atoms with van der Waals surface area (Å²) < 4.78 is 24.4. The molecule has 0 aromatic heterocycles. The fourth-order valence-electron chi connectivity index (χ4n) is 1.96. The number of hydrogen-bond acceptors (Lipinski definition) is 5. The zero-order chi connectivity index (χ0) is 19.5. The van der Waals surface area contributed by atoms with E-state index in [9.17, 15) is 14.0 Å². The molecule has 6 nitrogen and oxygen atoms in total. The number of benzene rings is 2. The molecule has 27 heavy (non-hydrogen) atoms. The maximum Gasteiger partial charge on any atom is 0.276 e. The standard InChI is InChI=1S/C19H21FN2O4S/c1-2-11-25-15-8-4-5-9-16(15)26-12-18(23)21-22-19(24)13-27-17-10-6-3-7-14(17)20/h3-10H,2,11-13H2,1H3,(H,21,23)(H,22,24). The second-order valence-corrected chi connectivity index (χ2v) is 6.42. The van der Waals surface area contributed by atoms with Crippen LogP contribution in [0.25, 0.3) is 0 Å². The zero-order valence-electron chi connectivity index (χ0n) is 14.9. The summed E-state index contributed by atoms with van der Waals surface area (Å²) in [6.45, 7) is 2.25. The number of thioether (sulfide) groups is 1. The number of hydrazine groups is 1. The Morgan fingerprint density at radius 1 is 0.963 bits per heavy atom. The average Bonchev–Trinajstić information content (AvgIpc) is 2.69. The topological polar surface area (TPSA) is 76.7 Å². The summed E-state index contributed by atoms with van der Waals surface area (Å²) >= 11 is 1.04. The van der Waals surface area contributed by atoms with Gasteiger partial charge < -0.3 is 9.47 Å². The number of ether oxygens (including phenoxy) is 2. The van der Waals surface area contributed by atoms with Gasteiger partial charge in [0.2, 0.25) is 5.91 Å². The van der Waals surface area contributed by atoms with Crippen molar-refractivity contribution in [3.05, 3.63) is 54.3 Å². The van der Waals surface area contributed by atoms with Crippen LogP contribution in [0, 0.1) is 5.82 Å². The fraction of sp³-hybridized carbons (Fsp3) is 0.263. The summed E-state index contributed by atoms with van der Waals surface area (Å²) in [5, 5.41) is 0. The molecule has 0 saturated carbocycles. The number of para-hydroxylation sites is 2. The van der Waals surface area contributed by atoms with Gasteiger partial charge in [-0.3, -0.25) is 20.4 Å². The van der Waals surface area contributed by atoms with Crippen LogP contribution >= 0.6 is 11.8 Å². The zero-order valence-corrected chi connectivity index (χ0v) is 15.7. The highest BCUT2D eigenvalue weighted by Gasteiger charge is 2.10. The van der Waals surface area contributed by atoms with Crippen LogP contribution in [-0.2, 0) is 9.59 Å². The van der Waals surface area contributed by atoms with E-state index in [1.165, 1.54) is 6.07 Å². The second-order valence-electron chi connectivity index (χ2n) is 5.40. The first-order chi connectivity index (χ1) is 13.1. The first kappa shape index (κ1) is 20.6. The smallest absolute Gasteiger partial charge is 0.276 e. The third-order valence-corrected chi connectivity index (χ3v) is 4.25. The van der Waals surface area contributed by atoms with Crippen LogP contribution in [0.2, 0.25) is 0 Å². The molecule has 2 N–H and O–H groups in total. The van der Waals surface area contributed by atoms with E-state index in [0.29, 0.717) is 23.0 Å². The molecule has 0 atom stereocenters. The van der Waals surface area contributed by atoms with Crippen molar-refractivity contribution in [2.75, 3.05) is 19.0 Å². The summed E-state index contributed by atoms with van der Waals surface area (Å²) in [5.74, 6) is -0.403. The minimum absolute atomic E-state index is 0.0320. The number of hydrogen-bond donors (Lipinski definition) is 2. The van der Waals surface area contributed by atoms with Crippen LogP contribution in [-0.4, -0.2) is 30.8 Å².